The van der Waals surface area contributed by atoms with Gasteiger partial charge in [0.15, 0.2) is 0 Å². The lowest BCUT2D eigenvalue weighted by molar-refractivity contribution is -0.137. The predicted molar refractivity (Wildman–Crippen MR) is 104 cm³/mol. The van der Waals surface area contributed by atoms with Gasteiger partial charge in [0.2, 0.25) is 0 Å². The standard InChI is InChI=1S/C19H16ClF3N4O2/c1-10-6-11(2)26-17(28)14(10)8-24-15-9-25-27(18(29)16(15)20)13-5-3-4-12(7-13)19(21,22)23/h3-7,9,24H,8H2,1-2H3,(H,26,28). The van der Waals surface area contributed by atoms with E-state index in [0.717, 1.165) is 28.1 Å². The Labute approximate surface area is 168 Å². The minimum absolute atomic E-state index is 0.0656. The van der Waals surface area contributed by atoms with E-state index >= 15 is 0 Å². The summed E-state index contributed by atoms with van der Waals surface area (Å²) in [6.07, 6.45) is -3.33. The van der Waals surface area contributed by atoms with Gasteiger partial charge in [0, 0.05) is 17.8 Å². The molecular weight excluding hydrogens is 409 g/mol. The number of hydrogen-bond donors (Lipinski definition) is 2. The summed E-state index contributed by atoms with van der Waals surface area (Å²) in [5.41, 5.74) is 0.0925. The molecule has 0 aliphatic heterocycles. The number of rotatable bonds is 4. The van der Waals surface area contributed by atoms with Crippen LogP contribution in [0.15, 0.2) is 46.1 Å². The summed E-state index contributed by atoms with van der Waals surface area (Å²) in [6, 6.07) is 6.02. The van der Waals surface area contributed by atoms with E-state index in [-0.39, 0.29) is 28.5 Å². The van der Waals surface area contributed by atoms with Crippen molar-refractivity contribution in [2.45, 2.75) is 26.6 Å². The van der Waals surface area contributed by atoms with Gasteiger partial charge in [0.25, 0.3) is 11.1 Å². The fourth-order valence-corrected chi connectivity index (χ4v) is 3.03. The third-order valence-corrected chi connectivity index (χ3v) is 4.65. The van der Waals surface area contributed by atoms with Crippen LogP contribution in [-0.2, 0) is 12.7 Å². The van der Waals surface area contributed by atoms with Gasteiger partial charge in [-0.3, -0.25) is 9.59 Å². The van der Waals surface area contributed by atoms with Crippen LogP contribution in [0.1, 0.15) is 22.4 Å². The van der Waals surface area contributed by atoms with Crippen molar-refractivity contribution in [3.63, 3.8) is 0 Å². The van der Waals surface area contributed by atoms with Gasteiger partial charge in [-0.15, -0.1) is 0 Å². The maximum absolute atomic E-state index is 12.9. The molecule has 29 heavy (non-hydrogen) atoms. The van der Waals surface area contributed by atoms with Crippen LogP contribution in [-0.4, -0.2) is 14.8 Å². The van der Waals surface area contributed by atoms with Crippen LogP contribution in [0.4, 0.5) is 18.9 Å². The van der Waals surface area contributed by atoms with Gasteiger partial charge in [-0.1, -0.05) is 17.7 Å². The number of halogens is 4. The molecule has 0 atom stereocenters. The molecule has 0 amide bonds. The summed E-state index contributed by atoms with van der Waals surface area (Å²) in [5.74, 6) is 0. The second-order valence-corrected chi connectivity index (χ2v) is 6.81. The Balaban J connectivity index is 1.91. The highest BCUT2D eigenvalue weighted by Crippen LogP contribution is 2.30. The number of nitrogens with one attached hydrogen (secondary N) is 2. The zero-order valence-corrected chi connectivity index (χ0v) is 16.1. The molecule has 2 heterocycles. The SMILES string of the molecule is Cc1cc(C)c(CNc2cnn(-c3cccc(C(F)(F)F)c3)c(=O)c2Cl)c(=O)[nH]1. The number of aryl methyl sites for hydroxylation is 2. The van der Waals surface area contributed by atoms with Gasteiger partial charge in [0.05, 0.1) is 23.1 Å². The predicted octanol–water partition coefficient (Wildman–Crippen LogP) is 3.82. The van der Waals surface area contributed by atoms with Crippen molar-refractivity contribution < 1.29 is 13.2 Å². The lowest BCUT2D eigenvalue weighted by Crippen LogP contribution is -2.24. The first-order valence-corrected chi connectivity index (χ1v) is 8.84. The Kier molecular flexibility index (Phi) is 5.52. The van der Waals surface area contributed by atoms with Crippen molar-refractivity contribution in [1.29, 1.82) is 0 Å². The highest BCUT2D eigenvalue weighted by molar-refractivity contribution is 6.32. The molecule has 2 N–H and O–H groups in total. The Morgan fingerprint density at radius 3 is 2.59 bits per heavy atom. The molecule has 0 saturated heterocycles. The molecule has 2 aromatic heterocycles. The second-order valence-electron chi connectivity index (χ2n) is 6.43. The molecule has 0 saturated carbocycles. The molecule has 3 rings (SSSR count). The first kappa shape index (κ1) is 20.7. The van der Waals surface area contributed by atoms with Crippen molar-refractivity contribution in [1.82, 2.24) is 14.8 Å². The van der Waals surface area contributed by atoms with Gasteiger partial charge in [-0.2, -0.15) is 23.0 Å². The zero-order chi connectivity index (χ0) is 21.3. The normalized spacial score (nSPS) is 11.5. The Morgan fingerprint density at radius 2 is 1.93 bits per heavy atom. The molecule has 0 aliphatic rings. The van der Waals surface area contributed by atoms with Crippen LogP contribution in [0.5, 0.6) is 0 Å². The summed E-state index contributed by atoms with van der Waals surface area (Å²) in [6.45, 7) is 3.64. The number of pyridine rings is 1. The maximum atomic E-state index is 12.9. The number of anilines is 1. The van der Waals surface area contributed by atoms with E-state index in [1.807, 2.05) is 6.07 Å². The number of alkyl halides is 3. The monoisotopic (exact) mass is 424 g/mol. The zero-order valence-electron chi connectivity index (χ0n) is 15.4. The molecule has 0 fully saturated rings. The van der Waals surface area contributed by atoms with Gasteiger partial charge >= 0.3 is 6.18 Å². The lowest BCUT2D eigenvalue weighted by atomic mass is 10.1. The van der Waals surface area contributed by atoms with Crippen molar-refractivity contribution in [3.8, 4) is 5.69 Å². The molecule has 3 aromatic rings. The third kappa shape index (κ3) is 4.34. The summed E-state index contributed by atoms with van der Waals surface area (Å²) in [4.78, 5) is 27.3. The molecular formula is C19H16ClF3N4O2. The fraction of sp³-hybridized carbons (Fsp3) is 0.211. The second kappa shape index (κ2) is 7.75. The summed E-state index contributed by atoms with van der Waals surface area (Å²) in [7, 11) is 0. The first-order valence-electron chi connectivity index (χ1n) is 8.46. The quantitative estimate of drug-likeness (QED) is 0.667. The van der Waals surface area contributed by atoms with E-state index in [4.69, 9.17) is 11.6 Å². The van der Waals surface area contributed by atoms with Crippen LogP contribution < -0.4 is 16.4 Å². The third-order valence-electron chi connectivity index (χ3n) is 4.29. The van der Waals surface area contributed by atoms with E-state index in [9.17, 15) is 22.8 Å². The number of H-pyrrole nitrogens is 1. The molecule has 1 aromatic carbocycles. The molecule has 6 nitrogen and oxygen atoms in total. The molecule has 0 radical (unpaired) electrons. The largest absolute Gasteiger partial charge is 0.416 e. The lowest BCUT2D eigenvalue weighted by Gasteiger charge is -2.13. The summed E-state index contributed by atoms with van der Waals surface area (Å²) in [5, 5.41) is 6.53. The van der Waals surface area contributed by atoms with E-state index in [1.165, 1.54) is 18.3 Å². The van der Waals surface area contributed by atoms with Crippen molar-refractivity contribution >= 4 is 17.3 Å². The van der Waals surface area contributed by atoms with E-state index in [0.29, 0.717) is 5.56 Å². The topological polar surface area (TPSA) is 79.8 Å². The van der Waals surface area contributed by atoms with Crippen LogP contribution in [0.3, 0.4) is 0 Å². The van der Waals surface area contributed by atoms with Gasteiger partial charge in [-0.25, -0.2) is 0 Å². The van der Waals surface area contributed by atoms with E-state index in [2.05, 4.69) is 15.4 Å². The molecule has 0 aliphatic carbocycles. The highest BCUT2D eigenvalue weighted by atomic mass is 35.5. The van der Waals surface area contributed by atoms with E-state index < -0.39 is 17.3 Å². The van der Waals surface area contributed by atoms with Crippen LogP contribution in [0.2, 0.25) is 5.02 Å². The summed E-state index contributed by atoms with van der Waals surface area (Å²) >= 11 is 6.11. The first-order chi connectivity index (χ1) is 13.6. The van der Waals surface area contributed by atoms with Crippen LogP contribution >= 0.6 is 11.6 Å². The van der Waals surface area contributed by atoms with Crippen molar-refractivity contribution in [3.05, 3.63) is 84.6 Å². The molecule has 0 spiro atoms. The summed E-state index contributed by atoms with van der Waals surface area (Å²) < 4.78 is 39.5. The Bertz CT molecular complexity index is 1190. The molecule has 0 bridgehead atoms. The minimum Gasteiger partial charge on any atom is -0.378 e. The van der Waals surface area contributed by atoms with Crippen molar-refractivity contribution in [2.75, 3.05) is 5.32 Å². The average Bonchev–Trinajstić information content (AvgIpc) is 2.63. The van der Waals surface area contributed by atoms with Gasteiger partial charge in [-0.05, 0) is 43.7 Å². The number of nitrogens with zero attached hydrogens (tertiary/aromatic N) is 2. The number of aromatic amines is 1. The fourth-order valence-electron chi connectivity index (χ4n) is 2.84. The minimum atomic E-state index is -4.55. The van der Waals surface area contributed by atoms with Gasteiger partial charge in [0.1, 0.15) is 5.02 Å². The number of aromatic nitrogens is 3. The number of hydrogen-bond acceptors (Lipinski definition) is 4. The Morgan fingerprint density at radius 1 is 1.21 bits per heavy atom. The average molecular weight is 425 g/mol. The highest BCUT2D eigenvalue weighted by Gasteiger charge is 2.30. The number of benzene rings is 1. The molecule has 152 valence electrons. The van der Waals surface area contributed by atoms with Crippen LogP contribution in [0.25, 0.3) is 5.69 Å². The maximum Gasteiger partial charge on any atom is 0.416 e. The smallest absolute Gasteiger partial charge is 0.378 e. The Hall–Kier alpha value is -3.07. The van der Waals surface area contributed by atoms with E-state index in [1.54, 1.807) is 13.8 Å². The molecule has 0 unspecified atom stereocenters. The van der Waals surface area contributed by atoms with Crippen LogP contribution in [0, 0.1) is 13.8 Å². The molecule has 10 heteroatoms. The van der Waals surface area contributed by atoms with Gasteiger partial charge < -0.3 is 10.3 Å². The van der Waals surface area contributed by atoms with Crippen molar-refractivity contribution in [2.24, 2.45) is 0 Å².